The third-order valence-electron chi connectivity index (χ3n) is 8.73. The number of nitrogen functional groups attached to an aromatic ring is 1. The number of hydrogen-bond donors (Lipinski definition) is 2. The van der Waals surface area contributed by atoms with Crippen molar-refractivity contribution in [1.82, 2.24) is 24.8 Å². The molecule has 10 nitrogen and oxygen atoms in total. The van der Waals surface area contributed by atoms with Crippen molar-refractivity contribution in [1.29, 1.82) is 0 Å². The van der Waals surface area contributed by atoms with Crippen molar-refractivity contribution in [2.45, 2.75) is 25.3 Å². The maximum atomic E-state index is 16.6. The van der Waals surface area contributed by atoms with Gasteiger partial charge in [0.25, 0.3) is 0 Å². The molecule has 3 aliphatic heterocycles. The van der Waals surface area contributed by atoms with Gasteiger partial charge in [-0.2, -0.15) is 9.97 Å². The first-order chi connectivity index (χ1) is 19.7. The number of benzene rings is 2. The standard InChI is InChI=1S/C28H30ClFN8O2S/c1-36-8-3-4-15(36)11-40-27-34-23-17(24(35-27)37-9-7-28(12-37)13-38(14-28)26(32)39)10-18(29)20(21(23)30)16-5-2-6-19-22(16)33-25(31)41-19/h2,5-6,10,15H,3-4,7-9,11-14H2,1H3,(H2,31,33)(H2,32,39). The number of likely N-dealkylation sites (N-methyl/N-ethyl adjacent to an activating group) is 1. The third kappa shape index (κ3) is 4.48. The number of thiazole rings is 1. The molecule has 214 valence electrons. The van der Waals surface area contributed by atoms with Gasteiger partial charge in [0.15, 0.2) is 10.9 Å². The second-order valence-electron chi connectivity index (χ2n) is 11.4. The number of ether oxygens (including phenoxy) is 1. The van der Waals surface area contributed by atoms with E-state index in [0.29, 0.717) is 60.2 Å². The van der Waals surface area contributed by atoms with E-state index in [9.17, 15) is 4.79 Å². The minimum atomic E-state index is -0.560. The first-order valence-electron chi connectivity index (χ1n) is 13.7. The summed E-state index contributed by atoms with van der Waals surface area (Å²) in [6.07, 6.45) is 3.00. The van der Waals surface area contributed by atoms with Gasteiger partial charge in [-0.3, -0.25) is 0 Å². The molecule has 2 aromatic carbocycles. The lowest BCUT2D eigenvalue weighted by Crippen LogP contribution is -2.60. The van der Waals surface area contributed by atoms with Crippen molar-refractivity contribution in [3.8, 4) is 17.1 Å². The van der Waals surface area contributed by atoms with Crippen LogP contribution in [-0.2, 0) is 0 Å². The van der Waals surface area contributed by atoms with Crippen LogP contribution in [0.5, 0.6) is 6.01 Å². The minimum Gasteiger partial charge on any atom is -0.462 e. The number of halogens is 2. The molecule has 3 fully saturated rings. The molecule has 41 heavy (non-hydrogen) atoms. The highest BCUT2D eigenvalue weighted by atomic mass is 35.5. The van der Waals surface area contributed by atoms with Gasteiger partial charge in [0.05, 0.1) is 15.2 Å². The highest BCUT2D eigenvalue weighted by Gasteiger charge is 2.49. The summed E-state index contributed by atoms with van der Waals surface area (Å²) >= 11 is 8.15. The molecule has 3 saturated heterocycles. The Morgan fingerprint density at radius 3 is 2.80 bits per heavy atom. The van der Waals surface area contributed by atoms with E-state index in [1.807, 2.05) is 12.1 Å². The zero-order valence-corrected chi connectivity index (χ0v) is 24.1. The molecule has 2 aromatic heterocycles. The Labute approximate surface area is 245 Å². The van der Waals surface area contributed by atoms with Crippen molar-refractivity contribution < 1.29 is 13.9 Å². The van der Waals surface area contributed by atoms with Crippen LogP contribution in [0.1, 0.15) is 19.3 Å². The summed E-state index contributed by atoms with van der Waals surface area (Å²) in [5.74, 6) is 0.0122. The second kappa shape index (κ2) is 9.81. The van der Waals surface area contributed by atoms with Gasteiger partial charge in [0.2, 0.25) is 0 Å². The molecule has 3 aliphatic rings. The number of aromatic nitrogens is 3. The van der Waals surface area contributed by atoms with Crippen LogP contribution in [0.15, 0.2) is 24.3 Å². The summed E-state index contributed by atoms with van der Waals surface area (Å²) < 4.78 is 23.6. The molecule has 4 aromatic rings. The lowest BCUT2D eigenvalue weighted by molar-refractivity contribution is 0.0535. The normalized spacial score (nSPS) is 20.4. The number of primary amides is 1. The first kappa shape index (κ1) is 26.4. The average molecular weight is 597 g/mol. The van der Waals surface area contributed by atoms with Gasteiger partial charge in [-0.05, 0) is 45.0 Å². The summed E-state index contributed by atoms with van der Waals surface area (Å²) in [5.41, 5.74) is 12.9. The Bertz CT molecular complexity index is 1690. The molecule has 0 radical (unpaired) electrons. The van der Waals surface area contributed by atoms with Gasteiger partial charge in [0.1, 0.15) is 17.9 Å². The number of fused-ring (bicyclic) bond motifs is 2. The number of likely N-dealkylation sites (tertiary alicyclic amines) is 2. The quantitative estimate of drug-likeness (QED) is 0.348. The largest absolute Gasteiger partial charge is 0.462 e. The maximum absolute atomic E-state index is 16.6. The Hall–Kier alpha value is -3.48. The van der Waals surface area contributed by atoms with Crippen LogP contribution < -0.4 is 21.1 Å². The van der Waals surface area contributed by atoms with Crippen molar-refractivity contribution in [2.24, 2.45) is 11.1 Å². The Morgan fingerprint density at radius 1 is 1.22 bits per heavy atom. The fraction of sp³-hybridized carbons (Fsp3) is 0.429. The smallest absolute Gasteiger partial charge is 0.319 e. The summed E-state index contributed by atoms with van der Waals surface area (Å²) in [7, 11) is 2.07. The summed E-state index contributed by atoms with van der Waals surface area (Å²) in [6, 6.07) is 7.23. The number of carbonyl (C=O) groups is 1. The highest BCUT2D eigenvalue weighted by molar-refractivity contribution is 7.22. The van der Waals surface area contributed by atoms with Crippen LogP contribution in [0.2, 0.25) is 5.02 Å². The summed E-state index contributed by atoms with van der Waals surface area (Å²) in [6.45, 7) is 3.98. The van der Waals surface area contributed by atoms with Crippen LogP contribution in [0.25, 0.3) is 32.2 Å². The van der Waals surface area contributed by atoms with E-state index >= 15 is 4.39 Å². The van der Waals surface area contributed by atoms with Crippen LogP contribution >= 0.6 is 22.9 Å². The topological polar surface area (TPSA) is 127 Å². The Kier molecular flexibility index (Phi) is 6.32. The van der Waals surface area contributed by atoms with Gasteiger partial charge >= 0.3 is 12.0 Å². The number of para-hydroxylation sites is 1. The van der Waals surface area contributed by atoms with E-state index in [1.165, 1.54) is 11.3 Å². The molecule has 0 bridgehead atoms. The fourth-order valence-corrected chi connectivity index (χ4v) is 7.59. The van der Waals surface area contributed by atoms with Gasteiger partial charge in [-0.15, -0.1) is 0 Å². The van der Waals surface area contributed by atoms with Crippen LogP contribution in [0.4, 0.5) is 20.1 Å². The number of hydrogen-bond acceptors (Lipinski definition) is 9. The number of amides is 2. The fourth-order valence-electron chi connectivity index (χ4n) is 6.53. The lowest BCUT2D eigenvalue weighted by atomic mass is 9.79. The van der Waals surface area contributed by atoms with E-state index in [4.69, 9.17) is 32.8 Å². The molecule has 5 heterocycles. The number of urea groups is 1. The third-order valence-corrected chi connectivity index (χ3v) is 9.87. The number of nitrogens with two attached hydrogens (primary N) is 2. The number of rotatable bonds is 5. The first-order valence-corrected chi connectivity index (χ1v) is 14.9. The second-order valence-corrected chi connectivity index (χ2v) is 12.9. The van der Waals surface area contributed by atoms with Crippen molar-refractivity contribution >= 4 is 61.0 Å². The molecule has 4 N–H and O–H groups in total. The number of anilines is 2. The molecule has 0 aliphatic carbocycles. The molecular weight excluding hydrogens is 567 g/mol. The molecule has 13 heteroatoms. The zero-order chi connectivity index (χ0) is 28.5. The monoisotopic (exact) mass is 596 g/mol. The predicted molar refractivity (Wildman–Crippen MR) is 159 cm³/mol. The van der Waals surface area contributed by atoms with E-state index < -0.39 is 11.8 Å². The van der Waals surface area contributed by atoms with Gasteiger partial charge in [-0.25, -0.2) is 14.2 Å². The Balaban J connectivity index is 1.32. The van der Waals surface area contributed by atoms with Crippen LogP contribution in [0, 0.1) is 11.2 Å². The van der Waals surface area contributed by atoms with E-state index in [-0.39, 0.29) is 33.6 Å². The molecular formula is C28H30ClFN8O2S. The van der Waals surface area contributed by atoms with Gasteiger partial charge < -0.3 is 30.9 Å². The summed E-state index contributed by atoms with van der Waals surface area (Å²) in [5, 5.41) is 1.14. The van der Waals surface area contributed by atoms with Crippen molar-refractivity contribution in [3.63, 3.8) is 0 Å². The lowest BCUT2D eigenvalue weighted by Gasteiger charge is -2.47. The molecule has 7 rings (SSSR count). The highest BCUT2D eigenvalue weighted by Crippen LogP contribution is 2.45. The molecule has 1 unspecified atom stereocenters. The number of nitrogens with zero attached hydrogens (tertiary/aromatic N) is 6. The van der Waals surface area contributed by atoms with Crippen LogP contribution in [0.3, 0.4) is 0 Å². The van der Waals surface area contributed by atoms with Gasteiger partial charge in [-0.1, -0.05) is 35.1 Å². The van der Waals surface area contributed by atoms with Crippen molar-refractivity contribution in [3.05, 3.63) is 35.1 Å². The number of carbonyl (C=O) groups excluding carboxylic acids is 1. The maximum Gasteiger partial charge on any atom is 0.319 e. The Morgan fingerprint density at radius 2 is 2.05 bits per heavy atom. The zero-order valence-electron chi connectivity index (χ0n) is 22.6. The SMILES string of the molecule is CN1CCCC1COc1nc(N2CCC3(CN(C(N)=O)C3)C2)c2cc(Cl)c(-c3cccc4sc(N)nc34)c(F)c2n1. The predicted octanol–water partition coefficient (Wildman–Crippen LogP) is 4.35. The molecule has 1 atom stereocenters. The molecule has 0 saturated carbocycles. The molecule has 1 spiro atoms. The van der Waals surface area contributed by atoms with Crippen LogP contribution in [-0.4, -0.2) is 83.2 Å². The summed E-state index contributed by atoms with van der Waals surface area (Å²) in [4.78, 5) is 31.5. The molecule has 2 amide bonds. The van der Waals surface area contributed by atoms with Gasteiger partial charge in [0, 0.05) is 54.1 Å². The van der Waals surface area contributed by atoms with E-state index in [0.717, 1.165) is 30.5 Å². The van der Waals surface area contributed by atoms with E-state index in [1.54, 1.807) is 17.0 Å². The minimum absolute atomic E-state index is 0.0671. The van der Waals surface area contributed by atoms with E-state index in [2.05, 4.69) is 26.8 Å². The average Bonchev–Trinajstić information content (AvgIpc) is 3.64. The van der Waals surface area contributed by atoms with Crippen molar-refractivity contribution in [2.75, 3.05) is 57.0 Å².